The molecule has 0 unspecified atom stereocenters. The van der Waals surface area contributed by atoms with E-state index in [0.29, 0.717) is 5.75 Å². The van der Waals surface area contributed by atoms with Crippen LogP contribution < -0.4 is 5.32 Å². The van der Waals surface area contributed by atoms with E-state index in [0.717, 1.165) is 13.1 Å². The van der Waals surface area contributed by atoms with Gasteiger partial charge in [0.1, 0.15) is 5.75 Å². The molecule has 2 N–H and O–H groups in total. The van der Waals surface area contributed by atoms with Crippen molar-refractivity contribution >= 4 is 0 Å². The van der Waals surface area contributed by atoms with Gasteiger partial charge in [-0.3, -0.25) is 0 Å². The van der Waals surface area contributed by atoms with Crippen LogP contribution in [-0.4, -0.2) is 18.2 Å². The van der Waals surface area contributed by atoms with Crippen LogP contribution in [0.4, 0.5) is 0 Å². The molecule has 0 aliphatic rings. The number of nitrogens with one attached hydrogen (secondary N) is 1. The molecular formula is C23H27NO. The van der Waals surface area contributed by atoms with E-state index in [1.54, 1.807) is 12.1 Å². The predicted octanol–water partition coefficient (Wildman–Crippen LogP) is 5.19. The second-order valence-corrected chi connectivity index (χ2v) is 5.80. The van der Waals surface area contributed by atoms with Crippen LogP contribution in [0.25, 0.3) is 0 Å². The molecule has 2 heteroatoms. The highest BCUT2D eigenvalue weighted by Gasteiger charge is 2.15. The summed E-state index contributed by atoms with van der Waals surface area (Å²) in [6.45, 7) is 6.39. The Hall–Kier alpha value is -2.58. The molecule has 0 atom stereocenters. The van der Waals surface area contributed by atoms with Gasteiger partial charge in [-0.2, -0.15) is 0 Å². The van der Waals surface area contributed by atoms with Crippen LogP contribution in [-0.2, 0) is 0 Å². The zero-order valence-corrected chi connectivity index (χ0v) is 15.0. The standard InChI is InChI=1S/C19H16O.C4H11N/c20-18-13-11-17(12-14-18)19(15-7-3-1-4-8-15)16-9-5-2-6-10-16;1-3-5-4-2/h1-14,19-20H;5H,3-4H2,1-2H3. The summed E-state index contributed by atoms with van der Waals surface area (Å²) in [7, 11) is 0. The maximum absolute atomic E-state index is 9.48. The van der Waals surface area contributed by atoms with Gasteiger partial charge in [-0.05, 0) is 41.9 Å². The minimum Gasteiger partial charge on any atom is -0.508 e. The van der Waals surface area contributed by atoms with E-state index < -0.39 is 0 Å². The molecule has 130 valence electrons. The Kier molecular flexibility index (Phi) is 7.74. The number of hydrogen-bond donors (Lipinski definition) is 2. The first-order chi connectivity index (χ1) is 12.3. The highest BCUT2D eigenvalue weighted by molar-refractivity contribution is 5.44. The largest absolute Gasteiger partial charge is 0.508 e. The third-order valence-corrected chi connectivity index (χ3v) is 3.99. The number of phenols is 1. The fourth-order valence-electron chi connectivity index (χ4n) is 2.79. The summed E-state index contributed by atoms with van der Waals surface area (Å²) < 4.78 is 0. The van der Waals surface area contributed by atoms with Gasteiger partial charge in [-0.1, -0.05) is 86.6 Å². The Labute approximate surface area is 151 Å². The second-order valence-electron chi connectivity index (χ2n) is 5.80. The lowest BCUT2D eigenvalue weighted by Gasteiger charge is -2.18. The van der Waals surface area contributed by atoms with Crippen LogP contribution in [0.5, 0.6) is 5.75 Å². The molecule has 0 saturated carbocycles. The summed E-state index contributed by atoms with van der Waals surface area (Å²) in [5.74, 6) is 0.492. The van der Waals surface area contributed by atoms with Gasteiger partial charge >= 0.3 is 0 Å². The topological polar surface area (TPSA) is 32.3 Å². The van der Waals surface area contributed by atoms with Gasteiger partial charge in [0.15, 0.2) is 0 Å². The lowest BCUT2D eigenvalue weighted by atomic mass is 9.85. The van der Waals surface area contributed by atoms with Crippen molar-refractivity contribution in [2.24, 2.45) is 0 Å². The molecule has 0 amide bonds. The molecule has 0 fully saturated rings. The first-order valence-corrected chi connectivity index (χ1v) is 8.85. The maximum Gasteiger partial charge on any atom is 0.115 e. The molecule has 0 aromatic heterocycles. The molecule has 0 aliphatic carbocycles. The highest BCUT2D eigenvalue weighted by Crippen LogP contribution is 2.32. The van der Waals surface area contributed by atoms with Crippen LogP contribution in [0, 0.1) is 0 Å². The van der Waals surface area contributed by atoms with Crippen molar-refractivity contribution in [1.29, 1.82) is 0 Å². The third-order valence-electron chi connectivity index (χ3n) is 3.99. The van der Waals surface area contributed by atoms with Crippen LogP contribution in [0.15, 0.2) is 84.9 Å². The molecule has 0 radical (unpaired) electrons. The first-order valence-electron chi connectivity index (χ1n) is 8.85. The molecule has 0 bridgehead atoms. The molecule has 0 spiro atoms. The van der Waals surface area contributed by atoms with Crippen molar-refractivity contribution in [3.8, 4) is 5.75 Å². The van der Waals surface area contributed by atoms with E-state index in [1.807, 2.05) is 24.3 Å². The number of rotatable bonds is 5. The van der Waals surface area contributed by atoms with Gasteiger partial charge in [0.25, 0.3) is 0 Å². The smallest absolute Gasteiger partial charge is 0.115 e. The molecule has 0 saturated heterocycles. The van der Waals surface area contributed by atoms with E-state index in [2.05, 4.69) is 67.7 Å². The van der Waals surface area contributed by atoms with Crippen molar-refractivity contribution in [2.45, 2.75) is 19.8 Å². The predicted molar refractivity (Wildman–Crippen MR) is 106 cm³/mol. The van der Waals surface area contributed by atoms with Gasteiger partial charge < -0.3 is 10.4 Å². The van der Waals surface area contributed by atoms with Crippen LogP contribution in [0.1, 0.15) is 36.5 Å². The first kappa shape index (κ1) is 18.8. The van der Waals surface area contributed by atoms with Gasteiger partial charge in [-0.25, -0.2) is 0 Å². The van der Waals surface area contributed by atoms with Crippen LogP contribution in [0.2, 0.25) is 0 Å². The van der Waals surface area contributed by atoms with Gasteiger partial charge in [0.2, 0.25) is 0 Å². The fourth-order valence-corrected chi connectivity index (χ4v) is 2.79. The molecule has 25 heavy (non-hydrogen) atoms. The zero-order chi connectivity index (χ0) is 17.9. The van der Waals surface area contributed by atoms with Crippen molar-refractivity contribution in [1.82, 2.24) is 5.32 Å². The lowest BCUT2D eigenvalue weighted by molar-refractivity contribution is 0.475. The molecule has 0 aliphatic heterocycles. The highest BCUT2D eigenvalue weighted by atomic mass is 16.3. The summed E-state index contributed by atoms with van der Waals surface area (Å²) >= 11 is 0. The lowest BCUT2D eigenvalue weighted by Crippen LogP contribution is -2.09. The van der Waals surface area contributed by atoms with Gasteiger partial charge in [-0.15, -0.1) is 0 Å². The summed E-state index contributed by atoms with van der Waals surface area (Å²) in [6, 6.07) is 28.3. The number of hydrogen-bond acceptors (Lipinski definition) is 2. The summed E-state index contributed by atoms with van der Waals surface area (Å²) in [6.07, 6.45) is 0. The summed E-state index contributed by atoms with van der Waals surface area (Å²) in [5.41, 5.74) is 3.69. The number of benzene rings is 3. The van der Waals surface area contributed by atoms with E-state index in [1.165, 1.54) is 16.7 Å². The fraction of sp³-hybridized carbons (Fsp3) is 0.217. The molecular weight excluding hydrogens is 306 g/mol. The third kappa shape index (κ3) is 5.77. The Balaban J connectivity index is 0.000000399. The number of aromatic hydroxyl groups is 1. The average Bonchev–Trinajstić information content (AvgIpc) is 2.67. The van der Waals surface area contributed by atoms with Crippen LogP contribution in [0.3, 0.4) is 0 Å². The Morgan fingerprint density at radius 2 is 1.04 bits per heavy atom. The minimum absolute atomic E-state index is 0.193. The van der Waals surface area contributed by atoms with Crippen molar-refractivity contribution in [2.75, 3.05) is 13.1 Å². The quantitative estimate of drug-likeness (QED) is 0.630. The van der Waals surface area contributed by atoms with E-state index in [-0.39, 0.29) is 5.92 Å². The molecule has 0 heterocycles. The van der Waals surface area contributed by atoms with Gasteiger partial charge in [0.05, 0.1) is 0 Å². The monoisotopic (exact) mass is 333 g/mol. The SMILES string of the molecule is CCNCC.Oc1ccc(C(c2ccccc2)c2ccccc2)cc1. The Bertz CT molecular complexity index is 667. The minimum atomic E-state index is 0.193. The van der Waals surface area contributed by atoms with Gasteiger partial charge in [0, 0.05) is 5.92 Å². The molecule has 3 aromatic rings. The Morgan fingerprint density at radius 1 is 0.640 bits per heavy atom. The molecule has 2 nitrogen and oxygen atoms in total. The summed E-state index contributed by atoms with van der Waals surface area (Å²) in [4.78, 5) is 0. The molecule has 3 aromatic carbocycles. The van der Waals surface area contributed by atoms with Crippen molar-refractivity contribution in [3.05, 3.63) is 102 Å². The summed E-state index contributed by atoms with van der Waals surface area (Å²) in [5, 5.41) is 12.6. The normalized spacial score (nSPS) is 10.2. The van der Waals surface area contributed by atoms with E-state index in [4.69, 9.17) is 0 Å². The zero-order valence-electron chi connectivity index (χ0n) is 15.0. The average molecular weight is 333 g/mol. The molecule has 3 rings (SSSR count). The second kappa shape index (κ2) is 10.3. The maximum atomic E-state index is 9.48. The Morgan fingerprint density at radius 3 is 1.40 bits per heavy atom. The van der Waals surface area contributed by atoms with E-state index in [9.17, 15) is 5.11 Å². The van der Waals surface area contributed by atoms with Crippen molar-refractivity contribution in [3.63, 3.8) is 0 Å². The van der Waals surface area contributed by atoms with E-state index >= 15 is 0 Å². The van der Waals surface area contributed by atoms with Crippen LogP contribution >= 0.6 is 0 Å². The number of phenolic OH excluding ortho intramolecular Hbond substituents is 1. The van der Waals surface area contributed by atoms with Crippen molar-refractivity contribution < 1.29 is 5.11 Å².